The first-order chi connectivity index (χ1) is 10.1. The molecule has 0 saturated heterocycles. The maximum Gasteiger partial charge on any atom is 0.307 e. The van der Waals surface area contributed by atoms with E-state index < -0.39 is 11.8 Å². The summed E-state index contributed by atoms with van der Waals surface area (Å²) in [6.45, 7) is -0.290. The number of aliphatic hydroxyl groups is 1. The predicted molar refractivity (Wildman–Crippen MR) is 74.4 cm³/mol. The molecule has 5 heteroatoms. The highest BCUT2D eigenvalue weighted by atomic mass is 19.1. The van der Waals surface area contributed by atoms with Crippen molar-refractivity contribution in [3.8, 4) is 5.75 Å². The number of aliphatic hydroxyl groups excluding tert-OH is 1. The number of benzene rings is 2. The van der Waals surface area contributed by atoms with Crippen LogP contribution in [0.3, 0.4) is 0 Å². The summed E-state index contributed by atoms with van der Waals surface area (Å²) in [4.78, 5) is 10.8. The lowest BCUT2D eigenvalue weighted by molar-refractivity contribution is -0.136. The van der Waals surface area contributed by atoms with Crippen LogP contribution in [-0.2, 0) is 24.4 Å². The Balaban J connectivity index is 2.19. The highest BCUT2D eigenvalue weighted by Gasteiger charge is 2.11. The van der Waals surface area contributed by atoms with Gasteiger partial charge < -0.3 is 14.9 Å². The zero-order valence-corrected chi connectivity index (χ0v) is 11.3. The van der Waals surface area contributed by atoms with Crippen LogP contribution in [0.4, 0.5) is 4.39 Å². The quantitative estimate of drug-likeness (QED) is 0.858. The summed E-state index contributed by atoms with van der Waals surface area (Å²) < 4.78 is 19.2. The number of hydrogen-bond donors (Lipinski definition) is 2. The van der Waals surface area contributed by atoms with Crippen LogP contribution >= 0.6 is 0 Å². The summed E-state index contributed by atoms with van der Waals surface area (Å²) in [7, 11) is 0. The van der Waals surface area contributed by atoms with Gasteiger partial charge in [-0.15, -0.1) is 0 Å². The molecule has 0 aromatic heterocycles. The topological polar surface area (TPSA) is 66.8 Å². The van der Waals surface area contributed by atoms with Gasteiger partial charge in [0.1, 0.15) is 6.61 Å². The van der Waals surface area contributed by atoms with Gasteiger partial charge in [-0.2, -0.15) is 0 Å². The van der Waals surface area contributed by atoms with Crippen molar-refractivity contribution in [3.05, 3.63) is 65.0 Å². The second-order valence-corrected chi connectivity index (χ2v) is 4.51. The van der Waals surface area contributed by atoms with Gasteiger partial charge in [0.25, 0.3) is 0 Å². The van der Waals surface area contributed by atoms with Crippen LogP contribution < -0.4 is 4.74 Å². The molecule has 2 aromatic carbocycles. The molecule has 2 N–H and O–H groups in total. The molecule has 0 bridgehead atoms. The first kappa shape index (κ1) is 15.0. The van der Waals surface area contributed by atoms with E-state index in [2.05, 4.69) is 0 Å². The molecule has 0 heterocycles. The molecule has 0 saturated carbocycles. The van der Waals surface area contributed by atoms with Crippen molar-refractivity contribution in [2.45, 2.75) is 19.6 Å². The molecule has 0 radical (unpaired) electrons. The normalized spacial score (nSPS) is 10.4. The summed E-state index contributed by atoms with van der Waals surface area (Å²) in [5.41, 5.74) is 1.64. The third kappa shape index (κ3) is 3.79. The van der Waals surface area contributed by atoms with Crippen LogP contribution in [0, 0.1) is 5.82 Å². The summed E-state index contributed by atoms with van der Waals surface area (Å²) in [6, 6.07) is 11.2. The van der Waals surface area contributed by atoms with Crippen LogP contribution in [0.1, 0.15) is 16.7 Å². The minimum absolute atomic E-state index is 0.00914. The molecule has 2 aromatic rings. The molecule has 0 aliphatic carbocycles. The van der Waals surface area contributed by atoms with Crippen molar-refractivity contribution in [2.75, 3.05) is 0 Å². The molecule has 2 rings (SSSR count). The van der Waals surface area contributed by atoms with Crippen LogP contribution in [0.5, 0.6) is 5.75 Å². The van der Waals surface area contributed by atoms with Gasteiger partial charge in [0.05, 0.1) is 13.0 Å². The van der Waals surface area contributed by atoms with Gasteiger partial charge in [-0.05, 0) is 17.2 Å². The second-order valence-electron chi connectivity index (χ2n) is 4.51. The van der Waals surface area contributed by atoms with E-state index in [-0.39, 0.29) is 25.4 Å². The van der Waals surface area contributed by atoms with E-state index in [4.69, 9.17) is 9.84 Å². The van der Waals surface area contributed by atoms with Gasteiger partial charge in [-0.3, -0.25) is 4.79 Å². The van der Waals surface area contributed by atoms with Gasteiger partial charge in [0.15, 0.2) is 11.6 Å². The van der Waals surface area contributed by atoms with Gasteiger partial charge in [0, 0.05) is 5.56 Å². The molecule has 21 heavy (non-hydrogen) atoms. The molecule has 0 aliphatic heterocycles. The fourth-order valence-electron chi connectivity index (χ4n) is 2.02. The molecule has 0 atom stereocenters. The number of rotatable bonds is 6. The monoisotopic (exact) mass is 290 g/mol. The third-order valence-electron chi connectivity index (χ3n) is 3.05. The Labute approximate surface area is 121 Å². The Hall–Kier alpha value is -2.40. The maximum atomic E-state index is 13.7. The first-order valence-electron chi connectivity index (χ1n) is 6.41. The number of halogens is 1. The maximum absolute atomic E-state index is 13.7. The minimum Gasteiger partial charge on any atom is -0.485 e. The Bertz CT molecular complexity index is 640. The van der Waals surface area contributed by atoms with Gasteiger partial charge in [-0.1, -0.05) is 36.4 Å². The average Bonchev–Trinajstić information content (AvgIpc) is 2.46. The van der Waals surface area contributed by atoms with Crippen LogP contribution in [-0.4, -0.2) is 16.2 Å². The van der Waals surface area contributed by atoms with E-state index in [1.54, 1.807) is 30.3 Å². The Morgan fingerprint density at radius 2 is 1.71 bits per heavy atom. The zero-order chi connectivity index (χ0) is 15.2. The lowest BCUT2D eigenvalue weighted by Crippen LogP contribution is -2.07. The molecular formula is C16H15FO4. The summed E-state index contributed by atoms with van der Waals surface area (Å²) in [5, 5.41) is 18.1. The molecule has 0 amide bonds. The SMILES string of the molecule is O=C(O)Cc1ccccc1COc1c(F)cccc1CO. The van der Waals surface area contributed by atoms with Crippen molar-refractivity contribution >= 4 is 5.97 Å². The number of carboxylic acids is 1. The van der Waals surface area contributed by atoms with E-state index in [0.717, 1.165) is 0 Å². The van der Waals surface area contributed by atoms with E-state index >= 15 is 0 Å². The molecule has 0 unspecified atom stereocenters. The fraction of sp³-hybridized carbons (Fsp3) is 0.188. The molecule has 110 valence electrons. The van der Waals surface area contributed by atoms with Crippen LogP contribution in [0.15, 0.2) is 42.5 Å². The van der Waals surface area contributed by atoms with Crippen molar-refractivity contribution in [1.82, 2.24) is 0 Å². The molecule has 4 nitrogen and oxygen atoms in total. The largest absolute Gasteiger partial charge is 0.485 e. The highest BCUT2D eigenvalue weighted by molar-refractivity contribution is 5.70. The van der Waals surface area contributed by atoms with Gasteiger partial charge in [0.2, 0.25) is 0 Å². The first-order valence-corrected chi connectivity index (χ1v) is 6.41. The van der Waals surface area contributed by atoms with Crippen LogP contribution in [0.25, 0.3) is 0 Å². The standard InChI is InChI=1S/C16H15FO4/c17-14-7-3-6-12(9-18)16(14)21-10-13-5-2-1-4-11(13)8-15(19)20/h1-7,18H,8-10H2,(H,19,20). The molecule has 0 spiro atoms. The third-order valence-corrected chi connectivity index (χ3v) is 3.05. The van der Waals surface area contributed by atoms with E-state index in [1.165, 1.54) is 12.1 Å². The number of para-hydroxylation sites is 1. The minimum atomic E-state index is -0.940. The Kier molecular flexibility index (Phi) is 4.90. The lowest BCUT2D eigenvalue weighted by Gasteiger charge is -2.13. The van der Waals surface area contributed by atoms with Crippen molar-refractivity contribution in [3.63, 3.8) is 0 Å². The van der Waals surface area contributed by atoms with Crippen LogP contribution in [0.2, 0.25) is 0 Å². The van der Waals surface area contributed by atoms with Gasteiger partial charge >= 0.3 is 5.97 Å². The number of carboxylic acid groups (broad SMARTS) is 1. The van der Waals surface area contributed by atoms with Crippen molar-refractivity contribution < 1.29 is 24.1 Å². The molecule has 0 fully saturated rings. The van der Waals surface area contributed by atoms with Crippen molar-refractivity contribution in [2.24, 2.45) is 0 Å². The highest BCUT2D eigenvalue weighted by Crippen LogP contribution is 2.24. The average molecular weight is 290 g/mol. The van der Waals surface area contributed by atoms with E-state index in [1.807, 2.05) is 0 Å². The zero-order valence-electron chi connectivity index (χ0n) is 11.3. The van der Waals surface area contributed by atoms with E-state index in [0.29, 0.717) is 16.7 Å². The number of aliphatic carboxylic acids is 1. The number of carbonyl (C=O) groups is 1. The summed E-state index contributed by atoms with van der Waals surface area (Å²) in [5.74, 6) is -1.51. The molecular weight excluding hydrogens is 275 g/mol. The van der Waals surface area contributed by atoms with E-state index in [9.17, 15) is 14.3 Å². The lowest BCUT2D eigenvalue weighted by atomic mass is 10.1. The van der Waals surface area contributed by atoms with Crippen molar-refractivity contribution in [1.29, 1.82) is 0 Å². The smallest absolute Gasteiger partial charge is 0.307 e. The number of hydrogen-bond acceptors (Lipinski definition) is 3. The Morgan fingerprint density at radius 3 is 2.38 bits per heavy atom. The summed E-state index contributed by atoms with van der Waals surface area (Å²) in [6.07, 6.45) is -0.121. The second kappa shape index (κ2) is 6.85. The fourth-order valence-corrected chi connectivity index (χ4v) is 2.02. The van der Waals surface area contributed by atoms with Gasteiger partial charge in [-0.25, -0.2) is 4.39 Å². The predicted octanol–water partition coefficient (Wildman–Crippen LogP) is 2.52. The molecule has 0 aliphatic rings. The summed E-state index contributed by atoms with van der Waals surface area (Å²) >= 11 is 0. The Morgan fingerprint density at radius 1 is 1.05 bits per heavy atom. The number of ether oxygens (including phenoxy) is 1.